The summed E-state index contributed by atoms with van der Waals surface area (Å²) >= 11 is 0. The molecule has 1 heteroatoms. The first-order chi connectivity index (χ1) is 4.70. The minimum Gasteiger partial charge on any atom is -0.377 e. The third kappa shape index (κ3) is 4.33. The molecule has 10 heavy (non-hydrogen) atoms. The summed E-state index contributed by atoms with van der Waals surface area (Å²) in [5, 5.41) is 0. The quantitative estimate of drug-likeness (QED) is 0.545. The minimum atomic E-state index is 0.176. The Bertz CT molecular complexity index is 121. The Morgan fingerprint density at radius 3 is 2.50 bits per heavy atom. The third-order valence-corrected chi connectivity index (χ3v) is 1.32. The smallest absolute Gasteiger partial charge is 0.0783 e. The van der Waals surface area contributed by atoms with Crippen molar-refractivity contribution in [1.29, 1.82) is 0 Å². The summed E-state index contributed by atoms with van der Waals surface area (Å²) < 4.78 is 5.09. The lowest BCUT2D eigenvalue weighted by atomic mass is 10.2. The maximum atomic E-state index is 5.09. The van der Waals surface area contributed by atoms with Gasteiger partial charge < -0.3 is 4.74 Å². The van der Waals surface area contributed by atoms with Crippen LogP contribution in [0.2, 0.25) is 0 Å². The van der Waals surface area contributed by atoms with Gasteiger partial charge in [-0.15, -0.1) is 6.58 Å². The Morgan fingerprint density at radius 2 is 2.20 bits per heavy atom. The van der Waals surface area contributed by atoms with Crippen LogP contribution in [0.4, 0.5) is 0 Å². The number of ether oxygens (including phenoxy) is 1. The van der Waals surface area contributed by atoms with E-state index in [1.807, 2.05) is 6.08 Å². The van der Waals surface area contributed by atoms with E-state index in [1.165, 1.54) is 5.57 Å². The van der Waals surface area contributed by atoms with Gasteiger partial charge in [-0.25, -0.2) is 0 Å². The van der Waals surface area contributed by atoms with E-state index in [0.29, 0.717) is 0 Å². The van der Waals surface area contributed by atoms with Gasteiger partial charge in [0.05, 0.1) is 6.10 Å². The van der Waals surface area contributed by atoms with E-state index < -0.39 is 0 Å². The van der Waals surface area contributed by atoms with Crippen molar-refractivity contribution < 1.29 is 4.74 Å². The summed E-state index contributed by atoms with van der Waals surface area (Å²) in [6.07, 6.45) is 5.08. The van der Waals surface area contributed by atoms with Crippen molar-refractivity contribution in [2.24, 2.45) is 0 Å². The zero-order valence-corrected chi connectivity index (χ0v) is 7.05. The maximum absolute atomic E-state index is 5.09. The van der Waals surface area contributed by atoms with Gasteiger partial charge in [0.15, 0.2) is 0 Å². The Hall–Kier alpha value is -0.560. The van der Waals surface area contributed by atoms with Crippen LogP contribution in [0.5, 0.6) is 0 Å². The van der Waals surface area contributed by atoms with Crippen molar-refractivity contribution >= 4 is 0 Å². The van der Waals surface area contributed by atoms with Crippen LogP contribution in [-0.4, -0.2) is 13.2 Å². The topological polar surface area (TPSA) is 9.23 Å². The van der Waals surface area contributed by atoms with Gasteiger partial charge in [0.2, 0.25) is 0 Å². The summed E-state index contributed by atoms with van der Waals surface area (Å²) in [4.78, 5) is 0. The van der Waals surface area contributed by atoms with Crippen molar-refractivity contribution in [3.05, 3.63) is 24.3 Å². The minimum absolute atomic E-state index is 0.176. The first-order valence-electron chi connectivity index (χ1n) is 3.49. The Morgan fingerprint density at radius 1 is 1.60 bits per heavy atom. The van der Waals surface area contributed by atoms with Gasteiger partial charge in [0.25, 0.3) is 0 Å². The Kier molecular flexibility index (Phi) is 4.95. The van der Waals surface area contributed by atoms with Crippen LogP contribution < -0.4 is 0 Å². The summed E-state index contributed by atoms with van der Waals surface area (Å²) in [5.41, 5.74) is 1.32. The molecular weight excluding hydrogens is 124 g/mol. The molecule has 0 saturated carbocycles. The lowest BCUT2D eigenvalue weighted by Crippen LogP contribution is -2.03. The molecule has 0 aromatic heterocycles. The first kappa shape index (κ1) is 9.44. The summed E-state index contributed by atoms with van der Waals surface area (Å²) in [6.45, 7) is 7.81. The highest BCUT2D eigenvalue weighted by molar-refractivity contribution is 4.97. The average Bonchev–Trinajstić information content (AvgIpc) is 1.90. The molecule has 0 bridgehead atoms. The van der Waals surface area contributed by atoms with Crippen LogP contribution in [0.3, 0.4) is 0 Å². The molecule has 1 unspecified atom stereocenters. The highest BCUT2D eigenvalue weighted by Crippen LogP contribution is 2.01. The fourth-order valence-electron chi connectivity index (χ4n) is 0.641. The zero-order chi connectivity index (χ0) is 7.98. The second-order valence-corrected chi connectivity index (χ2v) is 2.53. The van der Waals surface area contributed by atoms with Crippen LogP contribution in [0, 0.1) is 0 Å². The maximum Gasteiger partial charge on any atom is 0.0783 e. The van der Waals surface area contributed by atoms with Crippen LogP contribution in [0.25, 0.3) is 0 Å². The average molecular weight is 140 g/mol. The predicted molar refractivity (Wildman–Crippen MR) is 45.0 cm³/mol. The Balaban J connectivity index is 3.64. The van der Waals surface area contributed by atoms with Crippen LogP contribution in [0.1, 0.15) is 20.3 Å². The van der Waals surface area contributed by atoms with Crippen molar-refractivity contribution in [3.63, 3.8) is 0 Å². The van der Waals surface area contributed by atoms with Crippen LogP contribution in [-0.2, 0) is 4.74 Å². The number of hydrogen-bond acceptors (Lipinski definition) is 1. The first-order valence-corrected chi connectivity index (χ1v) is 3.49. The van der Waals surface area contributed by atoms with Crippen LogP contribution >= 0.6 is 0 Å². The molecule has 1 atom stereocenters. The van der Waals surface area contributed by atoms with E-state index >= 15 is 0 Å². The third-order valence-electron chi connectivity index (χ3n) is 1.32. The zero-order valence-electron chi connectivity index (χ0n) is 7.05. The normalized spacial score (nSPS) is 12.3. The van der Waals surface area contributed by atoms with Crippen molar-refractivity contribution in [2.45, 2.75) is 26.4 Å². The van der Waals surface area contributed by atoms with Gasteiger partial charge in [0, 0.05) is 7.11 Å². The summed E-state index contributed by atoms with van der Waals surface area (Å²) in [7, 11) is 1.70. The molecule has 58 valence electrons. The predicted octanol–water partition coefficient (Wildman–Crippen LogP) is 2.54. The molecule has 0 amide bonds. The second kappa shape index (κ2) is 5.24. The van der Waals surface area contributed by atoms with E-state index in [4.69, 9.17) is 4.74 Å². The number of allylic oxidation sites excluding steroid dienone is 1. The molecule has 0 spiro atoms. The molecular formula is C9H16O. The van der Waals surface area contributed by atoms with E-state index in [1.54, 1.807) is 7.11 Å². The van der Waals surface area contributed by atoms with E-state index in [9.17, 15) is 0 Å². The van der Waals surface area contributed by atoms with Crippen molar-refractivity contribution in [2.75, 3.05) is 7.11 Å². The fraction of sp³-hybridized carbons (Fsp3) is 0.556. The molecule has 0 aliphatic rings. The molecule has 0 fully saturated rings. The molecule has 0 aromatic rings. The standard InChI is InChI=1S/C9H16O/c1-5-9(10-4)7-6-8(2)3/h5-6,9H,1,7H2,2-4H3. The van der Waals surface area contributed by atoms with Gasteiger partial charge in [-0.05, 0) is 20.3 Å². The SMILES string of the molecule is C=CC(CC=C(C)C)OC. The van der Waals surface area contributed by atoms with Crippen LogP contribution in [0.15, 0.2) is 24.3 Å². The van der Waals surface area contributed by atoms with Crippen molar-refractivity contribution in [3.8, 4) is 0 Å². The molecule has 0 radical (unpaired) electrons. The molecule has 0 heterocycles. The molecule has 0 N–H and O–H groups in total. The highest BCUT2D eigenvalue weighted by Gasteiger charge is 1.96. The van der Waals surface area contributed by atoms with Gasteiger partial charge in [0.1, 0.15) is 0 Å². The molecule has 0 saturated heterocycles. The fourth-order valence-corrected chi connectivity index (χ4v) is 0.641. The molecule has 0 aliphatic heterocycles. The van der Waals surface area contributed by atoms with Gasteiger partial charge in [-0.3, -0.25) is 0 Å². The van der Waals surface area contributed by atoms with E-state index in [0.717, 1.165) is 6.42 Å². The van der Waals surface area contributed by atoms with E-state index in [2.05, 4.69) is 26.5 Å². The monoisotopic (exact) mass is 140 g/mol. The summed E-state index contributed by atoms with van der Waals surface area (Å²) in [6, 6.07) is 0. The lowest BCUT2D eigenvalue weighted by Gasteiger charge is -2.06. The number of methoxy groups -OCH3 is 1. The van der Waals surface area contributed by atoms with Gasteiger partial charge >= 0.3 is 0 Å². The molecule has 0 aromatic carbocycles. The Labute approximate surface area is 63.4 Å². The largest absolute Gasteiger partial charge is 0.377 e. The lowest BCUT2D eigenvalue weighted by molar-refractivity contribution is 0.143. The highest BCUT2D eigenvalue weighted by atomic mass is 16.5. The van der Waals surface area contributed by atoms with Crippen molar-refractivity contribution in [1.82, 2.24) is 0 Å². The number of hydrogen-bond donors (Lipinski definition) is 0. The van der Waals surface area contributed by atoms with E-state index in [-0.39, 0.29) is 6.10 Å². The van der Waals surface area contributed by atoms with Gasteiger partial charge in [-0.1, -0.05) is 17.7 Å². The van der Waals surface area contributed by atoms with Gasteiger partial charge in [-0.2, -0.15) is 0 Å². The molecule has 1 nitrogen and oxygen atoms in total. The molecule has 0 aliphatic carbocycles. The summed E-state index contributed by atoms with van der Waals surface area (Å²) in [5.74, 6) is 0. The number of rotatable bonds is 4. The second-order valence-electron chi connectivity index (χ2n) is 2.53. The molecule has 0 rings (SSSR count).